The van der Waals surface area contributed by atoms with E-state index in [-0.39, 0.29) is 18.1 Å². The molecular formula is C22H16FN7O. The van der Waals surface area contributed by atoms with Crippen molar-refractivity contribution >= 4 is 22.5 Å². The number of nitrogens with zero attached hydrogens (tertiary/aromatic N) is 5. The highest BCUT2D eigenvalue weighted by atomic mass is 19.1. The monoisotopic (exact) mass is 413 g/mol. The second-order valence-electron chi connectivity index (χ2n) is 6.96. The number of nitrogens with one attached hydrogen (secondary N) is 2. The first kappa shape index (κ1) is 18.6. The van der Waals surface area contributed by atoms with E-state index in [1.165, 1.54) is 12.1 Å². The molecule has 5 rings (SSSR count). The number of benzene rings is 3. The largest absolute Gasteiger partial charge is 0.326 e. The minimum Gasteiger partial charge on any atom is -0.326 e. The smallest absolute Gasteiger partial charge is 0.228 e. The number of anilines is 1. The van der Waals surface area contributed by atoms with Crippen molar-refractivity contribution in [2.75, 3.05) is 5.32 Å². The molecule has 31 heavy (non-hydrogen) atoms. The van der Waals surface area contributed by atoms with Crippen LogP contribution in [0.3, 0.4) is 0 Å². The Labute approximate surface area is 175 Å². The van der Waals surface area contributed by atoms with E-state index in [2.05, 4.69) is 31.0 Å². The van der Waals surface area contributed by atoms with E-state index in [0.717, 1.165) is 27.7 Å². The quantitative estimate of drug-likeness (QED) is 0.459. The third kappa shape index (κ3) is 3.88. The Morgan fingerprint density at radius 2 is 1.84 bits per heavy atom. The van der Waals surface area contributed by atoms with Gasteiger partial charge in [0.2, 0.25) is 11.7 Å². The van der Waals surface area contributed by atoms with Crippen LogP contribution < -0.4 is 5.32 Å². The van der Waals surface area contributed by atoms with Gasteiger partial charge in [-0.2, -0.15) is 10.3 Å². The summed E-state index contributed by atoms with van der Waals surface area (Å²) < 4.78 is 14.8. The van der Waals surface area contributed by atoms with Crippen LogP contribution in [0.25, 0.3) is 28.0 Å². The van der Waals surface area contributed by atoms with E-state index < -0.39 is 0 Å². The average Bonchev–Trinajstić information content (AvgIpc) is 3.46. The molecule has 0 aliphatic carbocycles. The molecule has 8 nitrogen and oxygen atoms in total. The molecule has 0 aliphatic heterocycles. The fourth-order valence-electron chi connectivity index (χ4n) is 3.33. The van der Waals surface area contributed by atoms with Crippen molar-refractivity contribution in [3.8, 4) is 17.1 Å². The Hall–Kier alpha value is -4.40. The summed E-state index contributed by atoms with van der Waals surface area (Å²) in [6.45, 7) is 0. The van der Waals surface area contributed by atoms with Gasteiger partial charge in [-0.25, -0.2) is 9.07 Å². The zero-order chi connectivity index (χ0) is 21.2. The van der Waals surface area contributed by atoms with Gasteiger partial charge in [0, 0.05) is 16.6 Å². The molecule has 0 saturated carbocycles. The van der Waals surface area contributed by atoms with Crippen LogP contribution in [0.1, 0.15) is 5.56 Å². The number of carbonyl (C=O) groups is 1. The van der Waals surface area contributed by atoms with Gasteiger partial charge in [-0.3, -0.25) is 4.79 Å². The van der Waals surface area contributed by atoms with E-state index in [1.54, 1.807) is 18.3 Å². The maximum absolute atomic E-state index is 13.0. The predicted molar refractivity (Wildman–Crippen MR) is 113 cm³/mol. The van der Waals surface area contributed by atoms with Crippen LogP contribution in [-0.4, -0.2) is 36.3 Å². The predicted octanol–water partition coefficient (Wildman–Crippen LogP) is 3.53. The number of halogens is 1. The van der Waals surface area contributed by atoms with Crippen LogP contribution in [0.4, 0.5) is 10.1 Å². The third-order valence-corrected chi connectivity index (χ3v) is 4.85. The van der Waals surface area contributed by atoms with Gasteiger partial charge in [-0.05, 0) is 53.2 Å². The van der Waals surface area contributed by atoms with E-state index in [9.17, 15) is 9.18 Å². The maximum atomic E-state index is 13.0. The fraction of sp³-hybridized carbons (Fsp3) is 0.0455. The molecular weight excluding hydrogens is 397 g/mol. The van der Waals surface area contributed by atoms with Crippen LogP contribution in [0, 0.1) is 5.82 Å². The number of aromatic nitrogens is 6. The summed E-state index contributed by atoms with van der Waals surface area (Å²) in [6.07, 6.45) is 1.96. The summed E-state index contributed by atoms with van der Waals surface area (Å²) in [5, 5.41) is 22.4. The number of amides is 1. The van der Waals surface area contributed by atoms with Crippen LogP contribution >= 0.6 is 0 Å². The molecule has 0 unspecified atom stereocenters. The summed E-state index contributed by atoms with van der Waals surface area (Å²) in [6, 6.07) is 19.1. The number of hydrogen-bond donors (Lipinski definition) is 2. The highest BCUT2D eigenvalue weighted by Crippen LogP contribution is 2.24. The molecule has 1 amide bonds. The van der Waals surface area contributed by atoms with Crippen molar-refractivity contribution in [2.24, 2.45) is 0 Å². The minimum absolute atomic E-state index is 0.171. The molecule has 0 saturated heterocycles. The normalized spacial score (nSPS) is 11.0. The first-order chi connectivity index (χ1) is 15.2. The number of carbonyl (C=O) groups excluding carboxylic acids is 1. The van der Waals surface area contributed by atoms with Crippen LogP contribution in [-0.2, 0) is 11.2 Å². The van der Waals surface area contributed by atoms with E-state index in [0.29, 0.717) is 11.5 Å². The minimum atomic E-state index is -0.324. The van der Waals surface area contributed by atoms with Crippen molar-refractivity contribution < 1.29 is 9.18 Å². The molecule has 9 heteroatoms. The molecule has 5 aromatic rings. The fourth-order valence-corrected chi connectivity index (χ4v) is 3.33. The maximum Gasteiger partial charge on any atom is 0.228 e. The number of tetrazole rings is 1. The van der Waals surface area contributed by atoms with Gasteiger partial charge >= 0.3 is 0 Å². The van der Waals surface area contributed by atoms with Gasteiger partial charge in [-0.15, -0.1) is 10.2 Å². The zero-order valence-corrected chi connectivity index (χ0v) is 16.2. The number of rotatable bonds is 5. The molecule has 0 bridgehead atoms. The zero-order valence-electron chi connectivity index (χ0n) is 16.2. The van der Waals surface area contributed by atoms with Gasteiger partial charge in [0.1, 0.15) is 5.82 Å². The van der Waals surface area contributed by atoms with Crippen LogP contribution in [0.5, 0.6) is 0 Å². The van der Waals surface area contributed by atoms with Crippen molar-refractivity contribution in [2.45, 2.75) is 6.42 Å². The lowest BCUT2D eigenvalue weighted by atomic mass is 10.1. The number of H-pyrrole nitrogens is 1. The summed E-state index contributed by atoms with van der Waals surface area (Å²) >= 11 is 0. The third-order valence-electron chi connectivity index (χ3n) is 4.85. The molecule has 2 heterocycles. The first-order valence-electron chi connectivity index (χ1n) is 9.52. The topological polar surface area (TPSA) is 101 Å². The van der Waals surface area contributed by atoms with Crippen molar-refractivity contribution in [1.82, 2.24) is 30.4 Å². The molecule has 0 atom stereocenters. The molecule has 2 N–H and O–H groups in total. The van der Waals surface area contributed by atoms with Gasteiger partial charge in [-0.1, -0.05) is 24.3 Å². The van der Waals surface area contributed by atoms with E-state index >= 15 is 0 Å². The summed E-state index contributed by atoms with van der Waals surface area (Å²) in [5.41, 5.74) is 3.98. The Bertz CT molecular complexity index is 1340. The molecule has 0 aliphatic rings. The van der Waals surface area contributed by atoms with Crippen LogP contribution in [0.15, 0.2) is 72.9 Å². The van der Waals surface area contributed by atoms with Crippen molar-refractivity contribution in [3.05, 3.63) is 84.3 Å². The summed E-state index contributed by atoms with van der Waals surface area (Å²) in [7, 11) is 0. The molecule has 2 aromatic heterocycles. The lowest BCUT2D eigenvalue weighted by molar-refractivity contribution is -0.115. The molecule has 3 aromatic carbocycles. The molecule has 0 radical (unpaired) electrons. The lowest BCUT2D eigenvalue weighted by Crippen LogP contribution is -2.14. The Balaban J connectivity index is 1.35. The lowest BCUT2D eigenvalue weighted by Gasteiger charge is -2.08. The Morgan fingerprint density at radius 1 is 1.03 bits per heavy atom. The van der Waals surface area contributed by atoms with Crippen LogP contribution in [0.2, 0.25) is 0 Å². The first-order valence-corrected chi connectivity index (χ1v) is 9.52. The van der Waals surface area contributed by atoms with Gasteiger partial charge in [0.25, 0.3) is 0 Å². The number of fused-ring (bicyclic) bond motifs is 1. The Kier molecular flexibility index (Phi) is 4.68. The van der Waals surface area contributed by atoms with E-state index in [1.807, 2.05) is 47.1 Å². The second kappa shape index (κ2) is 7.79. The molecule has 0 spiro atoms. The van der Waals surface area contributed by atoms with E-state index in [4.69, 9.17) is 0 Å². The summed E-state index contributed by atoms with van der Waals surface area (Å²) in [4.78, 5) is 12.3. The van der Waals surface area contributed by atoms with Gasteiger partial charge < -0.3 is 5.32 Å². The Morgan fingerprint density at radius 3 is 2.58 bits per heavy atom. The highest BCUT2D eigenvalue weighted by Gasteiger charge is 2.10. The van der Waals surface area contributed by atoms with Gasteiger partial charge in [0.05, 0.1) is 23.8 Å². The molecule has 152 valence electrons. The average molecular weight is 413 g/mol. The number of aromatic amines is 1. The van der Waals surface area contributed by atoms with Crippen molar-refractivity contribution in [1.29, 1.82) is 0 Å². The van der Waals surface area contributed by atoms with Crippen molar-refractivity contribution in [3.63, 3.8) is 0 Å². The SMILES string of the molecule is O=C(Cc1ccc(F)cc1)Nc1ccc(-n2ncc3ccc(-c4nn[nH]n4)cc32)cc1. The number of hydrogen-bond acceptors (Lipinski definition) is 5. The second-order valence-corrected chi connectivity index (χ2v) is 6.96. The summed E-state index contributed by atoms with van der Waals surface area (Å²) in [5.74, 6) is 0.0119. The van der Waals surface area contributed by atoms with Gasteiger partial charge in [0.15, 0.2) is 0 Å². The highest BCUT2D eigenvalue weighted by molar-refractivity contribution is 5.92. The standard InChI is InChI=1S/C22H16FN7O/c23-17-5-1-14(2-6-17)11-21(31)25-18-7-9-19(10-8-18)30-20-12-15(22-26-28-29-27-22)3-4-16(20)13-24-30/h1-10,12-13H,11H2,(H,25,31)(H,26,27,28,29). The molecule has 0 fully saturated rings.